The summed E-state index contributed by atoms with van der Waals surface area (Å²) in [5, 5.41) is 0. The predicted molar refractivity (Wildman–Crippen MR) is 72.5 cm³/mol. The molecule has 1 saturated carbocycles. The van der Waals surface area contributed by atoms with E-state index in [-0.39, 0.29) is 6.10 Å². The maximum atomic E-state index is 5.96. The van der Waals surface area contributed by atoms with Crippen molar-refractivity contribution in [1.82, 2.24) is 9.97 Å². The second-order valence-corrected chi connectivity index (χ2v) is 5.31. The van der Waals surface area contributed by atoms with Gasteiger partial charge < -0.3 is 10.5 Å². The Labute approximate surface area is 109 Å². The monoisotopic (exact) mass is 249 g/mol. The molecule has 0 radical (unpaired) electrons. The zero-order valence-electron chi connectivity index (χ0n) is 11.4. The van der Waals surface area contributed by atoms with Crippen LogP contribution in [0.15, 0.2) is 6.07 Å². The normalized spacial score (nSPS) is 23.9. The molecule has 100 valence electrons. The molecule has 1 aromatic rings. The minimum Gasteiger partial charge on any atom is -0.474 e. The number of anilines is 1. The van der Waals surface area contributed by atoms with Crippen LogP contribution in [0.25, 0.3) is 0 Å². The van der Waals surface area contributed by atoms with Gasteiger partial charge >= 0.3 is 0 Å². The van der Waals surface area contributed by atoms with Crippen LogP contribution in [0.2, 0.25) is 0 Å². The highest BCUT2D eigenvalue weighted by Gasteiger charge is 2.20. The van der Waals surface area contributed by atoms with Gasteiger partial charge in [-0.1, -0.05) is 20.3 Å². The van der Waals surface area contributed by atoms with Gasteiger partial charge in [-0.2, -0.15) is 4.98 Å². The summed E-state index contributed by atoms with van der Waals surface area (Å²) in [4.78, 5) is 8.65. The molecule has 0 bridgehead atoms. The van der Waals surface area contributed by atoms with Crippen LogP contribution in [-0.2, 0) is 6.42 Å². The zero-order chi connectivity index (χ0) is 13.0. The third-order valence-electron chi connectivity index (χ3n) is 3.42. The Bertz CT molecular complexity index is 395. The molecule has 2 unspecified atom stereocenters. The van der Waals surface area contributed by atoms with Gasteiger partial charge in [0.1, 0.15) is 17.7 Å². The summed E-state index contributed by atoms with van der Waals surface area (Å²) in [7, 11) is 0. The van der Waals surface area contributed by atoms with E-state index in [1.807, 2.05) is 0 Å². The van der Waals surface area contributed by atoms with Gasteiger partial charge in [0.05, 0.1) is 0 Å². The molecule has 1 fully saturated rings. The summed E-state index contributed by atoms with van der Waals surface area (Å²) < 4.78 is 5.96. The number of nitrogens with two attached hydrogens (primary N) is 1. The van der Waals surface area contributed by atoms with E-state index in [9.17, 15) is 0 Å². The highest BCUT2D eigenvalue weighted by molar-refractivity contribution is 5.33. The van der Waals surface area contributed by atoms with Crippen LogP contribution in [0.1, 0.15) is 51.8 Å². The van der Waals surface area contributed by atoms with Crippen LogP contribution in [0.4, 0.5) is 5.82 Å². The third kappa shape index (κ3) is 3.59. The maximum Gasteiger partial charge on any atom is 0.218 e. The quantitative estimate of drug-likeness (QED) is 0.891. The minimum absolute atomic E-state index is 0.289. The summed E-state index contributed by atoms with van der Waals surface area (Å²) in [6, 6.07) is 1.73. The number of nitrogen functional groups attached to an aromatic ring is 1. The molecule has 1 aliphatic carbocycles. The van der Waals surface area contributed by atoms with Crippen molar-refractivity contribution < 1.29 is 4.74 Å². The molecule has 4 nitrogen and oxygen atoms in total. The summed E-state index contributed by atoms with van der Waals surface area (Å²) >= 11 is 0. The fraction of sp³-hybridized carbons (Fsp3) is 0.714. The molecular weight excluding hydrogens is 226 g/mol. The van der Waals surface area contributed by atoms with Gasteiger partial charge in [-0.15, -0.1) is 0 Å². The summed E-state index contributed by atoms with van der Waals surface area (Å²) in [5.74, 6) is 2.69. The largest absolute Gasteiger partial charge is 0.474 e. The third-order valence-corrected chi connectivity index (χ3v) is 3.42. The van der Waals surface area contributed by atoms with Crippen molar-refractivity contribution in [3.8, 4) is 5.88 Å². The highest BCUT2D eigenvalue weighted by Crippen LogP contribution is 2.27. The smallest absolute Gasteiger partial charge is 0.218 e. The number of aromatic nitrogens is 2. The van der Waals surface area contributed by atoms with Crippen LogP contribution < -0.4 is 10.5 Å². The van der Waals surface area contributed by atoms with Gasteiger partial charge in [-0.3, -0.25) is 0 Å². The first-order valence-electron chi connectivity index (χ1n) is 6.97. The molecule has 1 heterocycles. The minimum atomic E-state index is 0.289. The van der Waals surface area contributed by atoms with E-state index in [0.29, 0.717) is 11.7 Å². The molecule has 1 aliphatic rings. The zero-order valence-corrected chi connectivity index (χ0v) is 11.4. The van der Waals surface area contributed by atoms with Crippen LogP contribution in [0, 0.1) is 5.92 Å². The van der Waals surface area contributed by atoms with Gasteiger partial charge in [0.2, 0.25) is 5.88 Å². The second kappa shape index (κ2) is 6.03. The maximum absolute atomic E-state index is 5.96. The van der Waals surface area contributed by atoms with E-state index < -0.39 is 0 Å². The first-order valence-corrected chi connectivity index (χ1v) is 6.97. The predicted octanol–water partition coefficient (Wildman–Crippen LogP) is 2.97. The lowest BCUT2D eigenvalue weighted by Gasteiger charge is -2.27. The molecule has 4 heteroatoms. The molecule has 18 heavy (non-hydrogen) atoms. The van der Waals surface area contributed by atoms with Crippen molar-refractivity contribution in [1.29, 1.82) is 0 Å². The molecule has 2 atom stereocenters. The Kier molecular flexibility index (Phi) is 4.39. The molecule has 0 spiro atoms. The van der Waals surface area contributed by atoms with Gasteiger partial charge in [0, 0.05) is 12.5 Å². The fourth-order valence-corrected chi connectivity index (χ4v) is 2.54. The molecule has 0 amide bonds. The van der Waals surface area contributed by atoms with Crippen molar-refractivity contribution in [2.75, 3.05) is 5.73 Å². The molecule has 0 aliphatic heterocycles. The lowest BCUT2D eigenvalue weighted by atomic mass is 9.89. The fourth-order valence-electron chi connectivity index (χ4n) is 2.54. The summed E-state index contributed by atoms with van der Waals surface area (Å²) in [5.41, 5.74) is 5.79. The average Bonchev–Trinajstić information content (AvgIpc) is 2.28. The first kappa shape index (κ1) is 13.1. The highest BCUT2D eigenvalue weighted by atomic mass is 16.5. The number of ether oxygens (including phenoxy) is 1. The van der Waals surface area contributed by atoms with Crippen LogP contribution in [-0.4, -0.2) is 16.1 Å². The number of aryl methyl sites for hydroxylation is 1. The number of hydrogen-bond donors (Lipinski definition) is 1. The van der Waals surface area contributed by atoms with Crippen LogP contribution in [0.5, 0.6) is 5.88 Å². The Balaban J connectivity index is 2.03. The summed E-state index contributed by atoms with van der Waals surface area (Å²) in [6.07, 6.45) is 6.95. The standard InChI is InChI=1S/C14H23N3O/c1-3-5-13-16-12(15)9-14(17-13)18-11-7-4-6-10(2)8-11/h9-11H,3-8H2,1-2H3,(H2,15,16,17). The van der Waals surface area contributed by atoms with Crippen LogP contribution >= 0.6 is 0 Å². The summed E-state index contributed by atoms with van der Waals surface area (Å²) in [6.45, 7) is 4.39. The number of rotatable bonds is 4. The Morgan fingerprint density at radius 2 is 2.22 bits per heavy atom. The van der Waals surface area contributed by atoms with Crippen molar-refractivity contribution in [3.05, 3.63) is 11.9 Å². The van der Waals surface area contributed by atoms with Crippen molar-refractivity contribution in [2.45, 2.75) is 58.5 Å². The van der Waals surface area contributed by atoms with Crippen LogP contribution in [0.3, 0.4) is 0 Å². The van der Waals surface area contributed by atoms with E-state index in [2.05, 4.69) is 23.8 Å². The van der Waals surface area contributed by atoms with Crippen molar-refractivity contribution >= 4 is 5.82 Å². The lowest BCUT2D eigenvalue weighted by Crippen LogP contribution is -2.24. The molecule has 0 saturated heterocycles. The first-order chi connectivity index (χ1) is 8.67. The molecular formula is C14H23N3O. The molecule has 2 N–H and O–H groups in total. The van der Waals surface area contributed by atoms with Crippen molar-refractivity contribution in [3.63, 3.8) is 0 Å². The van der Waals surface area contributed by atoms with E-state index in [1.165, 1.54) is 12.8 Å². The van der Waals surface area contributed by atoms with Crippen molar-refractivity contribution in [2.24, 2.45) is 5.92 Å². The van der Waals surface area contributed by atoms with E-state index >= 15 is 0 Å². The van der Waals surface area contributed by atoms with E-state index in [1.54, 1.807) is 6.07 Å². The SMILES string of the molecule is CCCc1nc(N)cc(OC2CCCC(C)C2)n1. The van der Waals surface area contributed by atoms with E-state index in [0.717, 1.165) is 37.4 Å². The Morgan fingerprint density at radius 3 is 2.94 bits per heavy atom. The van der Waals surface area contributed by atoms with Gasteiger partial charge in [-0.05, 0) is 31.6 Å². The number of hydrogen-bond acceptors (Lipinski definition) is 4. The topological polar surface area (TPSA) is 61.0 Å². The van der Waals surface area contributed by atoms with Gasteiger partial charge in [0.15, 0.2) is 0 Å². The van der Waals surface area contributed by atoms with Gasteiger partial charge in [-0.25, -0.2) is 4.98 Å². The molecule has 2 rings (SSSR count). The second-order valence-electron chi connectivity index (χ2n) is 5.31. The Morgan fingerprint density at radius 1 is 1.39 bits per heavy atom. The Hall–Kier alpha value is -1.32. The van der Waals surface area contributed by atoms with Gasteiger partial charge in [0.25, 0.3) is 0 Å². The molecule has 1 aromatic heterocycles. The average molecular weight is 249 g/mol. The molecule has 0 aromatic carbocycles. The lowest BCUT2D eigenvalue weighted by molar-refractivity contribution is 0.123. The number of nitrogens with zero attached hydrogens (tertiary/aromatic N) is 2. The van der Waals surface area contributed by atoms with E-state index in [4.69, 9.17) is 10.5 Å².